The lowest BCUT2D eigenvalue weighted by Gasteiger charge is -2.30. The van der Waals surface area contributed by atoms with E-state index in [1.165, 1.54) is 32.3 Å². The minimum atomic E-state index is -1.84. The molecule has 149 heavy (non-hydrogen) atoms. The van der Waals surface area contributed by atoms with Crippen molar-refractivity contribution in [1.82, 2.24) is 99.2 Å². The second kappa shape index (κ2) is 72.3. The average molecular weight is 2130 g/mol. The normalized spacial score (nSPS) is 14.4. The van der Waals surface area contributed by atoms with Gasteiger partial charge in [-0.05, 0) is 145 Å². The molecule has 51 heteroatoms. The maximum absolute atomic E-state index is 15.1. The number of benzene rings is 2. The molecule has 28 N–H and O–H groups in total. The molecular weight excluding hydrogens is 1980 g/mol. The topological polar surface area (TPSA) is 765 Å². The van der Waals surface area contributed by atoms with Crippen LogP contribution in [-0.4, -0.2) is 338 Å². The summed E-state index contributed by atoms with van der Waals surface area (Å²) >= 11 is 8.62. The zero-order chi connectivity index (χ0) is 109. The lowest BCUT2D eigenvalue weighted by Crippen LogP contribution is -2.61. The maximum atomic E-state index is 15.1. The first kappa shape index (κ1) is 126. The number of carboxylic acids is 4. The Bertz CT molecular complexity index is 4900. The number of unbranched alkanes of at least 4 members (excludes halogenated alkanes) is 14. The highest BCUT2D eigenvalue weighted by molar-refractivity contribution is 7.80. The van der Waals surface area contributed by atoms with E-state index in [1.807, 2.05) is 0 Å². The van der Waals surface area contributed by atoms with Crippen molar-refractivity contribution in [2.75, 3.05) is 96.9 Å². The number of nitrogens with two attached hydrogens (primary N) is 3. The van der Waals surface area contributed by atoms with Gasteiger partial charge in [0.15, 0.2) is 5.96 Å². The van der Waals surface area contributed by atoms with E-state index >= 15 is 14.4 Å². The van der Waals surface area contributed by atoms with Crippen molar-refractivity contribution in [1.29, 1.82) is 5.41 Å². The van der Waals surface area contributed by atoms with Crippen LogP contribution in [0.4, 0.5) is 0 Å². The second-order valence-electron chi connectivity index (χ2n) is 36.6. The number of nitrogens with one attached hydrogen (secondary N) is 17. The number of thiol groups is 2. The Morgan fingerprint density at radius 1 is 0.470 bits per heavy atom. The van der Waals surface area contributed by atoms with Crippen LogP contribution in [0.15, 0.2) is 73.3 Å². The number of primary amides is 1. The molecule has 2 aromatic carbocycles. The Morgan fingerprint density at radius 3 is 1.50 bits per heavy atom. The number of carbonyl (C=O) groups excluding carboxylic acids is 15. The van der Waals surface area contributed by atoms with Crippen LogP contribution in [0, 0.1) is 5.41 Å². The fourth-order valence-electron chi connectivity index (χ4n) is 16.6. The molecule has 3 heterocycles. The van der Waals surface area contributed by atoms with E-state index in [0.29, 0.717) is 40.7 Å². The van der Waals surface area contributed by atoms with Gasteiger partial charge in [-0.3, -0.25) is 101 Å². The fraction of sp³-hybridized carbons (Fsp3) is 0.622. The van der Waals surface area contributed by atoms with Gasteiger partial charge in [-0.1, -0.05) is 113 Å². The molecule has 2 aromatic heterocycles. The molecule has 0 aliphatic carbocycles. The van der Waals surface area contributed by atoms with Crippen LogP contribution in [0.3, 0.4) is 0 Å². The molecule has 1 saturated heterocycles. The number of hydrogen-bond donors (Lipinski definition) is 27. The van der Waals surface area contributed by atoms with Crippen LogP contribution in [0.5, 0.6) is 0 Å². The summed E-state index contributed by atoms with van der Waals surface area (Å²) in [5.74, 6) is -18.4. The highest BCUT2D eigenvalue weighted by Gasteiger charge is 2.42. The SMILES string of the molecule is CC(=O)NC(CCS)C(=O)NC(Cc1cnc[nH]1)C(=O)NC(Cc1ccccc1)C(=O)NC(CCCNC(=N)N)C(=O)NC(Cc1c[nH]c2ccccc12)C(=O)NC(CS)C(=O)NC(CO)C(=O)N1CCCC1C(=O)NC(CCCCN)C(=O)NC(CCC(=O)O)C(=O)NC(CCCCN(CC(=O)O)CC(=O)O)C(=O)NC(CCCCNC(=O)COCCOCCNC(=O)CCCCCCCCCCCCCCC(=O)O)C(N)=O. The highest BCUT2D eigenvalue weighted by atomic mass is 32.1. The lowest BCUT2D eigenvalue weighted by atomic mass is 10.0. The van der Waals surface area contributed by atoms with Gasteiger partial charge < -0.3 is 142 Å². The zero-order valence-corrected chi connectivity index (χ0v) is 86.4. The number of ether oxygens (including phenoxy) is 2. The van der Waals surface area contributed by atoms with Gasteiger partial charge in [-0.2, -0.15) is 25.3 Å². The molecule has 0 bridgehead atoms. The van der Waals surface area contributed by atoms with Gasteiger partial charge in [0, 0.05) is 106 Å². The third-order valence-electron chi connectivity index (χ3n) is 24.5. The predicted molar refractivity (Wildman–Crippen MR) is 553 cm³/mol. The largest absolute Gasteiger partial charge is 0.481 e. The Kier molecular flexibility index (Phi) is 61.3. The van der Waals surface area contributed by atoms with Gasteiger partial charge in [-0.15, -0.1) is 0 Å². The van der Waals surface area contributed by atoms with Crippen LogP contribution >= 0.6 is 25.3 Å². The Morgan fingerprint density at radius 2 is 0.946 bits per heavy atom. The average Bonchev–Trinajstić information content (AvgIpc) is 1.71. The maximum Gasteiger partial charge on any atom is 0.317 e. The van der Waals surface area contributed by atoms with Crippen molar-refractivity contribution in [2.45, 2.75) is 291 Å². The summed E-state index contributed by atoms with van der Waals surface area (Å²) in [6, 6.07) is -2.97. The van der Waals surface area contributed by atoms with Crippen LogP contribution in [-0.2, 0) is 120 Å². The standard InChI is InChI=1S/C98H153N23O26S2/c1-62(123)109-73(40-50-148)91(139)117-76(53-65-55-103-61-108-65)94(142)115-74(51-63-27-13-12-14-28-63)92(140)112-71(34-25-43-106-98(101)102)89(137)116-75(52-64-54-107-67-30-18-17-29-66(64)67)93(141)119-78(60-149)95(143)118-77(58-122)97(145)121-46-26-35-79(121)96(144)114-70(32-19-22-41-99)88(136)113-72(38-39-83(128)129)90(138)111-69(33-21-24-45-120(56-84(130)131)57-85(132)133)87(135)110-68(86(100)134)31-20-23-42-104-81(125)59-147-49-48-146-47-44-105-80(124)36-15-10-8-6-4-2-3-5-7-9-11-16-37-82(126)127/h12-14,17-18,27-30,54-55,61,68-79,107,122,148-149H,2-11,15-16,19-26,31-53,56-60,99H2,1H3,(H2,100,134)(H,103,108)(H,104,125)(H,105,124)(H,109,123)(H,110,135)(H,111,138)(H,112,140)(H,113,136)(H,114,144)(H,115,142)(H,116,137)(H,117,139)(H,118,143)(H,119,141)(H,126,127)(H,128,129)(H,130,131)(H,132,133)(H4,101,102,106). The monoisotopic (exact) mass is 2130 g/mol. The van der Waals surface area contributed by atoms with E-state index in [4.69, 9.17) is 37.2 Å². The summed E-state index contributed by atoms with van der Waals surface area (Å²) in [4.78, 5) is 270. The molecule has 5 rings (SSSR count). The molecule has 0 saturated carbocycles. The van der Waals surface area contributed by atoms with Gasteiger partial charge in [-0.25, -0.2) is 4.98 Å². The number of aromatic amines is 2. The van der Waals surface area contributed by atoms with Crippen LogP contribution < -0.4 is 91.6 Å². The summed E-state index contributed by atoms with van der Waals surface area (Å²) in [6.07, 6.45) is 15.8. The number of aliphatic carboxylic acids is 4. The quantitative estimate of drug-likeness (QED) is 0.0108. The molecule has 12 atom stereocenters. The van der Waals surface area contributed by atoms with Crippen molar-refractivity contribution >= 4 is 155 Å². The number of likely N-dealkylation sites (tertiary alicyclic amines) is 1. The van der Waals surface area contributed by atoms with E-state index in [1.54, 1.807) is 60.8 Å². The summed E-state index contributed by atoms with van der Waals surface area (Å²) in [5.41, 5.74) is 19.3. The number of guanidine groups is 1. The van der Waals surface area contributed by atoms with Gasteiger partial charge in [0.2, 0.25) is 88.6 Å². The summed E-state index contributed by atoms with van der Waals surface area (Å²) in [7, 11) is 0. The van der Waals surface area contributed by atoms with Crippen molar-refractivity contribution in [3.63, 3.8) is 0 Å². The summed E-state index contributed by atoms with van der Waals surface area (Å²) < 4.78 is 11.0. The number of aliphatic hydroxyl groups is 1. The summed E-state index contributed by atoms with van der Waals surface area (Å²) in [6.45, 7) is -0.884. The first-order valence-electron chi connectivity index (χ1n) is 50.8. The number of carbonyl (C=O) groups is 19. The molecule has 0 radical (unpaired) electrons. The number of fused-ring (bicyclic) bond motifs is 1. The minimum Gasteiger partial charge on any atom is -0.481 e. The molecule has 828 valence electrons. The van der Waals surface area contributed by atoms with Crippen LogP contribution in [0.1, 0.15) is 216 Å². The van der Waals surface area contributed by atoms with Crippen molar-refractivity contribution in [3.05, 3.63) is 90.1 Å². The zero-order valence-electron chi connectivity index (χ0n) is 84.6. The van der Waals surface area contributed by atoms with Crippen LogP contribution in [0.25, 0.3) is 10.9 Å². The Balaban J connectivity index is 1.26. The summed E-state index contributed by atoms with van der Waals surface area (Å²) in [5, 5.41) is 93.8. The number of aliphatic hydroxyl groups excluding tert-OH is 1. The highest BCUT2D eigenvalue weighted by Crippen LogP contribution is 2.24. The fourth-order valence-corrected chi connectivity index (χ4v) is 17.1. The number of H-pyrrole nitrogens is 2. The van der Waals surface area contributed by atoms with Crippen molar-refractivity contribution in [2.24, 2.45) is 17.2 Å². The first-order valence-corrected chi connectivity index (χ1v) is 52.1. The molecule has 1 aliphatic heterocycles. The third-order valence-corrected chi connectivity index (χ3v) is 25.1. The Labute approximate surface area is 876 Å². The number of rotatable bonds is 81. The number of para-hydroxylation sites is 1. The van der Waals surface area contributed by atoms with Crippen molar-refractivity contribution < 1.29 is 126 Å². The van der Waals surface area contributed by atoms with E-state index < -0.39 is 223 Å². The third kappa shape index (κ3) is 51.6. The number of amides is 15. The number of imidazole rings is 1. The van der Waals surface area contributed by atoms with Gasteiger partial charge in [0.05, 0.1) is 45.8 Å². The molecule has 15 amide bonds. The molecule has 49 nitrogen and oxygen atoms in total. The number of aromatic nitrogens is 3. The molecule has 1 aliphatic rings. The van der Waals surface area contributed by atoms with Gasteiger partial charge in [0.25, 0.3) is 0 Å². The van der Waals surface area contributed by atoms with Crippen molar-refractivity contribution in [3.8, 4) is 0 Å². The molecule has 0 spiro atoms. The molecular formula is C98H153N23O26S2. The van der Waals surface area contributed by atoms with E-state index in [0.717, 1.165) is 74.0 Å². The van der Waals surface area contributed by atoms with E-state index in [9.17, 15) is 97.1 Å². The molecule has 4 aromatic rings. The first-order chi connectivity index (χ1) is 71.4. The van der Waals surface area contributed by atoms with Crippen LogP contribution in [0.2, 0.25) is 0 Å². The molecule has 1 fully saturated rings. The second-order valence-corrected chi connectivity index (χ2v) is 37.4. The molecule has 12 unspecified atom stereocenters. The predicted octanol–water partition coefficient (Wildman–Crippen LogP) is -1.13. The number of nitrogens with zero attached hydrogens (tertiary/aromatic N) is 3. The van der Waals surface area contributed by atoms with Gasteiger partial charge in [0.1, 0.15) is 79.1 Å². The lowest BCUT2D eigenvalue weighted by molar-refractivity contribution is -0.143. The van der Waals surface area contributed by atoms with E-state index in [-0.39, 0.29) is 186 Å². The minimum absolute atomic E-state index is 0.00179. The number of carboxylic acid groups (broad SMARTS) is 4. The Hall–Kier alpha value is -13.1. The smallest absolute Gasteiger partial charge is 0.317 e. The van der Waals surface area contributed by atoms with Gasteiger partial charge >= 0.3 is 23.9 Å². The number of hydrogen-bond acceptors (Lipinski definition) is 28. The van der Waals surface area contributed by atoms with E-state index in [2.05, 4.69) is 115 Å².